The van der Waals surface area contributed by atoms with Crippen molar-refractivity contribution in [3.05, 3.63) is 53.6 Å². The molecule has 0 aliphatic carbocycles. The summed E-state index contributed by atoms with van der Waals surface area (Å²) in [6, 6.07) is 9.18. The number of aliphatic hydroxyl groups excluding tert-OH is 4. The SMILES string of the molecule is COc1cc(O)c(C(=O)/C=C/c2ccc(O[C@@H]3O[C@H](CO)[C@@H](O)[C@H](O)[C@H]3O)cc2)c(OC)c1. The molecule has 10 nitrogen and oxygen atoms in total. The highest BCUT2D eigenvalue weighted by atomic mass is 16.7. The van der Waals surface area contributed by atoms with Crippen LogP contribution in [0.1, 0.15) is 15.9 Å². The molecule has 1 heterocycles. The van der Waals surface area contributed by atoms with Gasteiger partial charge in [-0.2, -0.15) is 0 Å². The number of ether oxygens (including phenoxy) is 4. The van der Waals surface area contributed by atoms with E-state index in [9.17, 15) is 30.3 Å². The van der Waals surface area contributed by atoms with Gasteiger partial charge in [0, 0.05) is 12.1 Å². The molecule has 0 bridgehead atoms. The monoisotopic (exact) mass is 462 g/mol. The van der Waals surface area contributed by atoms with Gasteiger partial charge in [0.2, 0.25) is 6.29 Å². The average molecular weight is 462 g/mol. The molecule has 10 heteroatoms. The Morgan fingerprint density at radius 1 is 1.00 bits per heavy atom. The summed E-state index contributed by atoms with van der Waals surface area (Å²) in [7, 11) is 2.81. The van der Waals surface area contributed by atoms with E-state index in [0.29, 0.717) is 11.3 Å². The van der Waals surface area contributed by atoms with Crippen LogP contribution >= 0.6 is 0 Å². The smallest absolute Gasteiger partial charge is 0.229 e. The maximum absolute atomic E-state index is 12.6. The lowest BCUT2D eigenvalue weighted by Gasteiger charge is -2.39. The lowest BCUT2D eigenvalue weighted by molar-refractivity contribution is -0.277. The Bertz CT molecular complexity index is 985. The number of benzene rings is 2. The van der Waals surface area contributed by atoms with E-state index in [2.05, 4.69) is 0 Å². The standard InChI is InChI=1S/C23H26O10/c1-30-14-9-16(26)19(17(10-14)31-2)15(25)8-5-12-3-6-13(7-4-12)32-23-22(29)21(28)20(27)18(11-24)33-23/h3-10,18,20-24,26-29H,11H2,1-2H3/b8-5+/t18-,20-,21+,22-,23-/m1/s1. The van der Waals surface area contributed by atoms with Gasteiger partial charge in [-0.15, -0.1) is 0 Å². The van der Waals surface area contributed by atoms with E-state index >= 15 is 0 Å². The summed E-state index contributed by atoms with van der Waals surface area (Å²) in [5.41, 5.74) is 0.633. The molecule has 1 aliphatic rings. The second-order valence-corrected chi connectivity index (χ2v) is 7.31. The molecule has 0 unspecified atom stereocenters. The first-order valence-corrected chi connectivity index (χ1v) is 10.0. The number of carbonyl (C=O) groups is 1. The molecule has 5 N–H and O–H groups in total. The summed E-state index contributed by atoms with van der Waals surface area (Å²) in [5.74, 6) is 0.0553. The quantitative estimate of drug-likeness (QED) is 0.276. The number of carbonyl (C=O) groups excluding carboxylic acids is 1. The fourth-order valence-corrected chi connectivity index (χ4v) is 3.31. The maximum atomic E-state index is 12.6. The number of aliphatic hydroxyl groups is 4. The van der Waals surface area contributed by atoms with Crippen molar-refractivity contribution in [3.63, 3.8) is 0 Å². The number of phenols is 1. The normalized spacial score (nSPS) is 25.1. The minimum Gasteiger partial charge on any atom is -0.507 e. The van der Waals surface area contributed by atoms with Gasteiger partial charge in [-0.3, -0.25) is 4.79 Å². The lowest BCUT2D eigenvalue weighted by Crippen LogP contribution is -2.60. The zero-order chi connectivity index (χ0) is 24.1. The van der Waals surface area contributed by atoms with Crippen LogP contribution in [-0.4, -0.2) is 82.8 Å². The van der Waals surface area contributed by atoms with Crippen LogP contribution in [0.3, 0.4) is 0 Å². The van der Waals surface area contributed by atoms with Crippen molar-refractivity contribution in [2.75, 3.05) is 20.8 Å². The number of hydrogen-bond donors (Lipinski definition) is 5. The first kappa shape index (κ1) is 24.5. The Hall–Kier alpha value is -3.15. The Kier molecular flexibility index (Phi) is 7.90. The molecule has 1 fully saturated rings. The molecule has 3 rings (SSSR count). The van der Waals surface area contributed by atoms with E-state index in [-0.39, 0.29) is 22.8 Å². The largest absolute Gasteiger partial charge is 0.507 e. The van der Waals surface area contributed by atoms with Gasteiger partial charge >= 0.3 is 0 Å². The predicted octanol–water partition coefficient (Wildman–Crippen LogP) is 0.484. The molecule has 0 saturated carbocycles. The fourth-order valence-electron chi connectivity index (χ4n) is 3.31. The zero-order valence-corrected chi connectivity index (χ0v) is 18.0. The molecule has 0 aromatic heterocycles. The van der Waals surface area contributed by atoms with Crippen LogP contribution in [0.4, 0.5) is 0 Å². The van der Waals surface area contributed by atoms with Gasteiger partial charge in [-0.05, 0) is 23.8 Å². The van der Waals surface area contributed by atoms with Crippen LogP contribution in [-0.2, 0) is 4.74 Å². The van der Waals surface area contributed by atoms with E-state index in [1.807, 2.05) is 0 Å². The average Bonchev–Trinajstić information content (AvgIpc) is 2.83. The highest BCUT2D eigenvalue weighted by Crippen LogP contribution is 2.34. The van der Waals surface area contributed by atoms with Gasteiger partial charge < -0.3 is 44.5 Å². The molecular formula is C23H26O10. The van der Waals surface area contributed by atoms with Gasteiger partial charge in [0.15, 0.2) is 5.78 Å². The number of allylic oxidation sites excluding steroid dienone is 1. The van der Waals surface area contributed by atoms with Crippen LogP contribution < -0.4 is 14.2 Å². The summed E-state index contributed by atoms with van der Waals surface area (Å²) in [6.07, 6.45) is -4.10. The van der Waals surface area contributed by atoms with Crippen LogP contribution in [0.25, 0.3) is 6.08 Å². The molecule has 178 valence electrons. The highest BCUT2D eigenvalue weighted by Gasteiger charge is 2.44. The summed E-state index contributed by atoms with van der Waals surface area (Å²) in [6.45, 7) is -0.558. The predicted molar refractivity (Wildman–Crippen MR) is 115 cm³/mol. The van der Waals surface area contributed by atoms with E-state index in [1.54, 1.807) is 24.3 Å². The molecule has 2 aromatic rings. The number of methoxy groups -OCH3 is 2. The van der Waals surface area contributed by atoms with Crippen molar-refractivity contribution in [1.82, 2.24) is 0 Å². The third kappa shape index (κ3) is 5.44. The summed E-state index contributed by atoms with van der Waals surface area (Å²) < 4.78 is 21.1. The third-order valence-electron chi connectivity index (χ3n) is 5.16. The van der Waals surface area contributed by atoms with Crippen molar-refractivity contribution >= 4 is 11.9 Å². The molecule has 1 aliphatic heterocycles. The second kappa shape index (κ2) is 10.6. The summed E-state index contributed by atoms with van der Waals surface area (Å²) >= 11 is 0. The number of ketones is 1. The minimum absolute atomic E-state index is 0.00267. The lowest BCUT2D eigenvalue weighted by atomic mass is 9.99. The van der Waals surface area contributed by atoms with Gasteiger partial charge in [0.25, 0.3) is 0 Å². The molecule has 0 spiro atoms. The van der Waals surface area contributed by atoms with E-state index in [0.717, 1.165) is 0 Å². The van der Waals surface area contributed by atoms with Crippen LogP contribution in [0, 0.1) is 0 Å². The second-order valence-electron chi connectivity index (χ2n) is 7.31. The van der Waals surface area contributed by atoms with Gasteiger partial charge in [-0.25, -0.2) is 0 Å². The molecule has 0 amide bonds. The van der Waals surface area contributed by atoms with Crippen molar-refractivity contribution in [3.8, 4) is 23.0 Å². The van der Waals surface area contributed by atoms with E-state index in [1.165, 1.54) is 38.5 Å². The molecule has 2 aromatic carbocycles. The number of phenolic OH excluding ortho intramolecular Hbond substituents is 1. The molecule has 0 radical (unpaired) electrons. The Labute approximate surface area is 189 Å². The number of aromatic hydroxyl groups is 1. The number of hydrogen-bond acceptors (Lipinski definition) is 10. The molecule has 5 atom stereocenters. The van der Waals surface area contributed by atoms with Gasteiger partial charge in [0.1, 0.15) is 53.0 Å². The van der Waals surface area contributed by atoms with E-state index in [4.69, 9.17) is 18.9 Å². The Morgan fingerprint density at radius 2 is 1.70 bits per heavy atom. The first-order valence-electron chi connectivity index (χ1n) is 10.0. The molecule has 1 saturated heterocycles. The Morgan fingerprint density at radius 3 is 2.30 bits per heavy atom. The first-order chi connectivity index (χ1) is 15.8. The van der Waals surface area contributed by atoms with Crippen molar-refractivity contribution in [1.29, 1.82) is 0 Å². The molecular weight excluding hydrogens is 436 g/mol. The van der Waals surface area contributed by atoms with Crippen LogP contribution in [0.15, 0.2) is 42.5 Å². The zero-order valence-electron chi connectivity index (χ0n) is 18.0. The maximum Gasteiger partial charge on any atom is 0.229 e. The van der Waals surface area contributed by atoms with Crippen molar-refractivity contribution in [2.45, 2.75) is 30.7 Å². The highest BCUT2D eigenvalue weighted by molar-refractivity contribution is 6.10. The van der Waals surface area contributed by atoms with Gasteiger partial charge in [-0.1, -0.05) is 18.2 Å². The van der Waals surface area contributed by atoms with Crippen molar-refractivity contribution in [2.24, 2.45) is 0 Å². The number of rotatable bonds is 8. The summed E-state index contributed by atoms with van der Waals surface area (Å²) in [4.78, 5) is 12.6. The van der Waals surface area contributed by atoms with E-state index < -0.39 is 43.1 Å². The minimum atomic E-state index is -1.54. The van der Waals surface area contributed by atoms with Crippen molar-refractivity contribution < 1.29 is 49.3 Å². The molecule has 33 heavy (non-hydrogen) atoms. The van der Waals surface area contributed by atoms with Crippen LogP contribution in [0.5, 0.6) is 23.0 Å². The topological polar surface area (TPSA) is 155 Å². The summed E-state index contributed by atoms with van der Waals surface area (Å²) in [5, 5.41) is 49.2. The van der Waals surface area contributed by atoms with Gasteiger partial charge in [0.05, 0.1) is 20.8 Å². The van der Waals surface area contributed by atoms with Crippen LogP contribution in [0.2, 0.25) is 0 Å². The Balaban J connectivity index is 1.69. The third-order valence-corrected chi connectivity index (χ3v) is 5.16. The fraction of sp³-hybridized carbons (Fsp3) is 0.348.